The Morgan fingerprint density at radius 1 is 1.00 bits per heavy atom. The van der Waals surface area contributed by atoms with E-state index < -0.39 is 0 Å². The van der Waals surface area contributed by atoms with Crippen LogP contribution in [-0.2, 0) is 0 Å². The van der Waals surface area contributed by atoms with Crippen LogP contribution < -0.4 is 0 Å². The molecule has 0 radical (unpaired) electrons. The van der Waals surface area contributed by atoms with Crippen molar-refractivity contribution in [3.63, 3.8) is 0 Å². The maximum Gasteiger partial charge on any atom is 0.0882 e. The van der Waals surface area contributed by atoms with Crippen molar-refractivity contribution in [3.05, 3.63) is 49.9 Å². The quantitative estimate of drug-likeness (QED) is 0.591. The molecular weight excluding hydrogens is 172 g/mol. The van der Waals surface area contributed by atoms with Crippen molar-refractivity contribution in [2.24, 2.45) is 9.98 Å². The van der Waals surface area contributed by atoms with E-state index in [9.17, 15) is 0 Å². The SMILES string of the molecule is C=CN=C(/C=C\C)C(C=C)=N/C=C\C. The molecule has 2 heteroatoms. The molecule has 0 bridgehead atoms. The molecule has 74 valence electrons. The molecule has 0 aromatic rings. The van der Waals surface area contributed by atoms with Crippen molar-refractivity contribution in [2.45, 2.75) is 13.8 Å². The predicted molar refractivity (Wildman–Crippen MR) is 64.9 cm³/mol. The normalized spacial score (nSPS) is 13.9. The summed E-state index contributed by atoms with van der Waals surface area (Å²) in [6, 6.07) is 0. The average molecular weight is 188 g/mol. The highest BCUT2D eigenvalue weighted by atomic mass is 14.8. The van der Waals surface area contributed by atoms with Crippen molar-refractivity contribution >= 4 is 11.4 Å². The van der Waals surface area contributed by atoms with Gasteiger partial charge in [-0.05, 0) is 26.0 Å². The molecule has 0 aliphatic rings. The average Bonchev–Trinajstić information content (AvgIpc) is 2.19. The molecule has 0 N–H and O–H groups in total. The van der Waals surface area contributed by atoms with Crippen molar-refractivity contribution in [1.29, 1.82) is 0 Å². The minimum Gasteiger partial charge on any atom is -0.255 e. The summed E-state index contributed by atoms with van der Waals surface area (Å²) in [6.45, 7) is 11.1. The third kappa shape index (κ3) is 4.36. The van der Waals surface area contributed by atoms with Gasteiger partial charge in [-0.1, -0.05) is 25.3 Å². The van der Waals surface area contributed by atoms with E-state index in [0.29, 0.717) is 0 Å². The first-order chi connectivity index (χ1) is 6.79. The first-order valence-corrected chi connectivity index (χ1v) is 4.43. The lowest BCUT2D eigenvalue weighted by atomic mass is 10.2. The molecule has 0 aliphatic carbocycles. The Labute approximate surface area is 85.8 Å². The van der Waals surface area contributed by atoms with Gasteiger partial charge in [0, 0.05) is 12.4 Å². The smallest absolute Gasteiger partial charge is 0.0882 e. The van der Waals surface area contributed by atoms with Crippen LogP contribution in [-0.4, -0.2) is 11.4 Å². The van der Waals surface area contributed by atoms with Crippen molar-refractivity contribution in [2.75, 3.05) is 0 Å². The van der Waals surface area contributed by atoms with Crippen LogP contribution in [0.25, 0.3) is 0 Å². The predicted octanol–water partition coefficient (Wildman–Crippen LogP) is 3.31. The zero-order valence-corrected chi connectivity index (χ0v) is 8.77. The van der Waals surface area contributed by atoms with Gasteiger partial charge in [-0.3, -0.25) is 9.98 Å². The van der Waals surface area contributed by atoms with Crippen LogP contribution in [0, 0.1) is 0 Å². The standard InChI is InChI=1S/C12H16N2/c1-5-9-12(13-8-4)11(7-3)14-10-6-2/h5-10H,3-4H2,1-2H3/b9-5-,10-6-,13-12?,14-11?. The van der Waals surface area contributed by atoms with Crippen LogP contribution in [0.4, 0.5) is 0 Å². The summed E-state index contributed by atoms with van der Waals surface area (Å²) < 4.78 is 0. The first-order valence-electron chi connectivity index (χ1n) is 4.43. The number of hydrogen-bond acceptors (Lipinski definition) is 2. The fourth-order valence-corrected chi connectivity index (χ4v) is 0.829. The number of allylic oxidation sites excluding steroid dienone is 4. The summed E-state index contributed by atoms with van der Waals surface area (Å²) in [5.41, 5.74) is 1.50. The maximum atomic E-state index is 4.19. The molecule has 14 heavy (non-hydrogen) atoms. The monoisotopic (exact) mass is 188 g/mol. The van der Waals surface area contributed by atoms with Gasteiger partial charge in [0.25, 0.3) is 0 Å². The summed E-state index contributed by atoms with van der Waals surface area (Å²) in [6.07, 6.45) is 10.5. The summed E-state index contributed by atoms with van der Waals surface area (Å²) in [4.78, 5) is 8.28. The van der Waals surface area contributed by atoms with Crippen molar-refractivity contribution in [1.82, 2.24) is 0 Å². The molecule has 0 rings (SSSR count). The molecule has 0 aromatic heterocycles. The molecule has 0 aliphatic heterocycles. The zero-order chi connectivity index (χ0) is 10.8. The second-order valence-electron chi connectivity index (χ2n) is 2.40. The minimum absolute atomic E-state index is 0.737. The van der Waals surface area contributed by atoms with Crippen LogP contribution in [0.2, 0.25) is 0 Å². The Kier molecular flexibility index (Phi) is 6.96. The van der Waals surface area contributed by atoms with Gasteiger partial charge >= 0.3 is 0 Å². The fraction of sp³-hybridized carbons (Fsp3) is 0.167. The molecule has 0 spiro atoms. The van der Waals surface area contributed by atoms with Crippen molar-refractivity contribution in [3.8, 4) is 0 Å². The molecule has 0 heterocycles. The zero-order valence-electron chi connectivity index (χ0n) is 8.77. The van der Waals surface area contributed by atoms with Crippen LogP contribution >= 0.6 is 0 Å². The topological polar surface area (TPSA) is 24.7 Å². The number of nitrogens with zero attached hydrogens (tertiary/aromatic N) is 2. The number of rotatable bonds is 5. The number of hydrogen-bond donors (Lipinski definition) is 0. The van der Waals surface area contributed by atoms with Crippen LogP contribution in [0.1, 0.15) is 13.8 Å². The maximum absolute atomic E-state index is 4.19. The van der Waals surface area contributed by atoms with Crippen LogP contribution in [0.15, 0.2) is 59.8 Å². The summed E-state index contributed by atoms with van der Waals surface area (Å²) in [7, 11) is 0. The molecule has 0 fully saturated rings. The molecule has 2 nitrogen and oxygen atoms in total. The molecule has 0 amide bonds. The third-order valence-electron chi connectivity index (χ3n) is 1.37. The molecule has 0 unspecified atom stereocenters. The van der Waals surface area contributed by atoms with E-state index in [1.165, 1.54) is 6.20 Å². The van der Waals surface area contributed by atoms with E-state index in [0.717, 1.165) is 11.4 Å². The Bertz CT molecular complexity index is 304. The molecule has 0 aromatic carbocycles. The molecule has 0 saturated carbocycles. The van der Waals surface area contributed by atoms with Gasteiger partial charge in [-0.2, -0.15) is 0 Å². The Hall–Kier alpha value is -1.70. The van der Waals surface area contributed by atoms with Gasteiger partial charge in [0.2, 0.25) is 0 Å². The highest BCUT2D eigenvalue weighted by Gasteiger charge is 1.98. The van der Waals surface area contributed by atoms with E-state index in [4.69, 9.17) is 0 Å². The number of aliphatic imine (C=N–C) groups is 2. The minimum atomic E-state index is 0.737. The van der Waals surface area contributed by atoms with E-state index in [2.05, 4.69) is 23.1 Å². The Morgan fingerprint density at radius 3 is 2.14 bits per heavy atom. The van der Waals surface area contributed by atoms with Gasteiger partial charge < -0.3 is 0 Å². The van der Waals surface area contributed by atoms with Crippen LogP contribution in [0.5, 0.6) is 0 Å². The highest BCUT2D eigenvalue weighted by Crippen LogP contribution is 1.93. The molecular formula is C12H16N2. The summed E-state index contributed by atoms with van der Waals surface area (Å²) in [5, 5.41) is 0. The van der Waals surface area contributed by atoms with Gasteiger partial charge in [0.05, 0.1) is 11.4 Å². The Morgan fingerprint density at radius 2 is 1.71 bits per heavy atom. The second kappa shape index (κ2) is 7.92. The summed E-state index contributed by atoms with van der Waals surface area (Å²) in [5.74, 6) is 0. The fourth-order valence-electron chi connectivity index (χ4n) is 0.829. The lowest BCUT2D eigenvalue weighted by Crippen LogP contribution is -2.07. The lowest BCUT2D eigenvalue weighted by Gasteiger charge is -1.97. The summed E-state index contributed by atoms with van der Waals surface area (Å²) >= 11 is 0. The van der Waals surface area contributed by atoms with E-state index in [1.807, 2.05) is 32.1 Å². The van der Waals surface area contributed by atoms with E-state index in [1.54, 1.807) is 12.3 Å². The van der Waals surface area contributed by atoms with Gasteiger partial charge in [-0.15, -0.1) is 0 Å². The lowest BCUT2D eigenvalue weighted by molar-refractivity contribution is 1.52. The van der Waals surface area contributed by atoms with E-state index >= 15 is 0 Å². The largest absolute Gasteiger partial charge is 0.255 e. The van der Waals surface area contributed by atoms with Gasteiger partial charge in [0.15, 0.2) is 0 Å². The van der Waals surface area contributed by atoms with Crippen molar-refractivity contribution < 1.29 is 0 Å². The highest BCUT2D eigenvalue weighted by molar-refractivity contribution is 6.50. The first kappa shape index (κ1) is 12.3. The molecule has 0 atom stereocenters. The molecule has 0 saturated heterocycles. The van der Waals surface area contributed by atoms with Gasteiger partial charge in [0.1, 0.15) is 0 Å². The second-order valence-corrected chi connectivity index (χ2v) is 2.40. The van der Waals surface area contributed by atoms with Gasteiger partial charge in [-0.25, -0.2) is 0 Å². The third-order valence-corrected chi connectivity index (χ3v) is 1.37. The van der Waals surface area contributed by atoms with Crippen LogP contribution in [0.3, 0.4) is 0 Å². The van der Waals surface area contributed by atoms with E-state index in [-0.39, 0.29) is 0 Å². The Balaban J connectivity index is 5.04.